The van der Waals surface area contributed by atoms with Crippen LogP contribution in [0.2, 0.25) is 0 Å². The highest BCUT2D eigenvalue weighted by atomic mass is 19.1. The molecule has 1 aliphatic carbocycles. The van der Waals surface area contributed by atoms with Gasteiger partial charge in [0, 0.05) is 18.2 Å². The third kappa shape index (κ3) is 2.51. The van der Waals surface area contributed by atoms with Crippen molar-refractivity contribution in [3.05, 3.63) is 35.6 Å². The molecular weight excluding hydrogens is 241 g/mol. The van der Waals surface area contributed by atoms with Crippen molar-refractivity contribution in [2.24, 2.45) is 5.92 Å². The highest BCUT2D eigenvalue weighted by molar-refractivity contribution is 5.94. The van der Waals surface area contributed by atoms with Gasteiger partial charge in [-0.2, -0.15) is 0 Å². The van der Waals surface area contributed by atoms with Crippen LogP contribution in [0, 0.1) is 11.7 Å². The number of amides is 1. The summed E-state index contributed by atoms with van der Waals surface area (Å²) in [6, 6.07) is 6.36. The van der Waals surface area contributed by atoms with Crippen molar-refractivity contribution in [1.82, 2.24) is 4.90 Å². The van der Waals surface area contributed by atoms with Gasteiger partial charge in [-0.15, -0.1) is 0 Å². The first-order chi connectivity index (χ1) is 9.25. The van der Waals surface area contributed by atoms with Crippen molar-refractivity contribution in [2.45, 2.75) is 44.6 Å². The van der Waals surface area contributed by atoms with Crippen LogP contribution in [0.4, 0.5) is 4.39 Å². The zero-order valence-corrected chi connectivity index (χ0v) is 11.1. The number of fused-ring (bicyclic) bond motifs is 1. The maximum atomic E-state index is 12.9. The van der Waals surface area contributed by atoms with Crippen molar-refractivity contribution >= 4 is 5.91 Å². The largest absolute Gasteiger partial charge is 0.335 e. The van der Waals surface area contributed by atoms with Gasteiger partial charge in [0.05, 0.1) is 0 Å². The summed E-state index contributed by atoms with van der Waals surface area (Å²) >= 11 is 0. The number of nitrogens with zero attached hydrogens (tertiary/aromatic N) is 1. The molecule has 102 valence electrons. The first-order valence-electron chi connectivity index (χ1n) is 7.32. The lowest BCUT2D eigenvalue weighted by molar-refractivity contribution is 0.0390. The van der Waals surface area contributed by atoms with Gasteiger partial charge in [-0.3, -0.25) is 4.79 Å². The van der Waals surface area contributed by atoms with E-state index in [1.165, 1.54) is 37.8 Å². The van der Waals surface area contributed by atoms with E-state index < -0.39 is 0 Å². The Balaban J connectivity index is 1.79. The third-order valence-corrected chi connectivity index (χ3v) is 4.60. The fourth-order valence-corrected chi connectivity index (χ4v) is 3.64. The lowest BCUT2D eigenvalue weighted by atomic mass is 9.78. The Morgan fingerprint density at radius 2 is 1.74 bits per heavy atom. The normalized spacial score (nSPS) is 26.9. The van der Waals surface area contributed by atoms with Gasteiger partial charge in [-0.05, 0) is 55.9 Å². The predicted octanol–water partition coefficient (Wildman–Crippen LogP) is 3.62. The Morgan fingerprint density at radius 1 is 1.05 bits per heavy atom. The van der Waals surface area contributed by atoms with Crippen molar-refractivity contribution in [3.63, 3.8) is 0 Å². The number of hydrogen-bond acceptors (Lipinski definition) is 1. The van der Waals surface area contributed by atoms with Gasteiger partial charge in [0.1, 0.15) is 5.82 Å². The van der Waals surface area contributed by atoms with E-state index in [4.69, 9.17) is 0 Å². The Morgan fingerprint density at radius 3 is 2.53 bits per heavy atom. The molecule has 19 heavy (non-hydrogen) atoms. The number of piperidine rings is 1. The smallest absolute Gasteiger partial charge is 0.254 e. The second-order valence-corrected chi connectivity index (χ2v) is 5.76. The molecule has 0 aromatic heterocycles. The third-order valence-electron chi connectivity index (χ3n) is 4.60. The second-order valence-electron chi connectivity index (χ2n) is 5.76. The van der Waals surface area contributed by atoms with Crippen LogP contribution in [-0.2, 0) is 0 Å². The van der Waals surface area contributed by atoms with E-state index in [9.17, 15) is 9.18 Å². The Kier molecular flexibility index (Phi) is 3.54. The molecule has 0 radical (unpaired) electrons. The summed E-state index contributed by atoms with van der Waals surface area (Å²) in [7, 11) is 0. The lowest BCUT2D eigenvalue weighted by Crippen LogP contribution is -2.49. The van der Waals surface area contributed by atoms with E-state index >= 15 is 0 Å². The molecule has 2 nitrogen and oxygen atoms in total. The fraction of sp³-hybridized carbons (Fsp3) is 0.562. The molecular formula is C16H20FNO. The molecule has 1 aliphatic heterocycles. The van der Waals surface area contributed by atoms with Crippen LogP contribution in [0.5, 0.6) is 0 Å². The van der Waals surface area contributed by atoms with Gasteiger partial charge in [-0.25, -0.2) is 4.39 Å². The number of hydrogen-bond donors (Lipinski definition) is 0. The molecule has 1 aromatic rings. The van der Waals surface area contributed by atoms with Crippen molar-refractivity contribution in [3.8, 4) is 0 Å². The van der Waals surface area contributed by atoms with Gasteiger partial charge in [0.25, 0.3) is 5.91 Å². The molecule has 2 fully saturated rings. The zero-order chi connectivity index (χ0) is 13.2. The number of likely N-dealkylation sites (tertiary alicyclic amines) is 1. The summed E-state index contributed by atoms with van der Waals surface area (Å²) in [4.78, 5) is 14.6. The first kappa shape index (κ1) is 12.6. The molecule has 1 saturated carbocycles. The molecule has 0 unspecified atom stereocenters. The Bertz CT molecular complexity index is 454. The van der Waals surface area contributed by atoms with Crippen LogP contribution in [0.15, 0.2) is 24.3 Å². The summed E-state index contributed by atoms with van der Waals surface area (Å²) in [5.74, 6) is 0.481. The summed E-state index contributed by atoms with van der Waals surface area (Å²) in [6.07, 6.45) is 7.30. The molecule has 1 aromatic carbocycles. The maximum absolute atomic E-state index is 12.9. The molecule has 2 aliphatic rings. The van der Waals surface area contributed by atoms with E-state index in [-0.39, 0.29) is 11.7 Å². The van der Waals surface area contributed by atoms with Crippen LogP contribution in [0.3, 0.4) is 0 Å². The zero-order valence-electron chi connectivity index (χ0n) is 11.1. The number of halogens is 1. The number of carbonyl (C=O) groups is 1. The molecule has 3 heteroatoms. The minimum Gasteiger partial charge on any atom is -0.335 e. The van der Waals surface area contributed by atoms with Crippen LogP contribution in [0.1, 0.15) is 48.9 Å². The second kappa shape index (κ2) is 5.32. The SMILES string of the molecule is O=C(c1ccc(F)cc1)N1CCC[C@@H]2CCCC[C@H]21. The molecule has 1 amide bonds. The van der Waals surface area contributed by atoms with Gasteiger partial charge in [0.2, 0.25) is 0 Å². The summed E-state index contributed by atoms with van der Waals surface area (Å²) in [6.45, 7) is 0.859. The topological polar surface area (TPSA) is 20.3 Å². The predicted molar refractivity (Wildman–Crippen MR) is 72.4 cm³/mol. The van der Waals surface area contributed by atoms with E-state index in [2.05, 4.69) is 0 Å². The molecule has 0 N–H and O–H groups in total. The van der Waals surface area contributed by atoms with E-state index in [1.807, 2.05) is 4.90 Å². The monoisotopic (exact) mass is 261 g/mol. The molecule has 2 atom stereocenters. The van der Waals surface area contributed by atoms with Gasteiger partial charge in [-0.1, -0.05) is 12.8 Å². The maximum Gasteiger partial charge on any atom is 0.254 e. The summed E-state index contributed by atoms with van der Waals surface area (Å²) in [5, 5.41) is 0. The lowest BCUT2D eigenvalue weighted by Gasteiger charge is -2.44. The molecule has 0 bridgehead atoms. The summed E-state index contributed by atoms with van der Waals surface area (Å²) < 4.78 is 12.9. The van der Waals surface area contributed by atoms with Crippen molar-refractivity contribution in [2.75, 3.05) is 6.54 Å². The first-order valence-corrected chi connectivity index (χ1v) is 7.32. The minimum atomic E-state index is -0.286. The molecule has 0 spiro atoms. The Hall–Kier alpha value is -1.38. The quantitative estimate of drug-likeness (QED) is 0.756. The van der Waals surface area contributed by atoms with Gasteiger partial charge < -0.3 is 4.90 Å². The van der Waals surface area contributed by atoms with Gasteiger partial charge >= 0.3 is 0 Å². The van der Waals surface area contributed by atoms with Crippen molar-refractivity contribution in [1.29, 1.82) is 0 Å². The number of rotatable bonds is 1. The Labute approximate surface area is 113 Å². The standard InChI is InChI=1S/C16H20FNO/c17-14-9-7-13(8-10-14)16(19)18-11-3-5-12-4-1-2-6-15(12)18/h7-10,12,15H,1-6,11H2/t12-,15+/m0/s1. The van der Waals surface area contributed by atoms with Crippen LogP contribution >= 0.6 is 0 Å². The highest BCUT2D eigenvalue weighted by Crippen LogP contribution is 2.35. The molecule has 1 saturated heterocycles. The van der Waals surface area contributed by atoms with E-state index in [0.717, 1.165) is 19.4 Å². The average molecular weight is 261 g/mol. The van der Waals surface area contributed by atoms with Gasteiger partial charge in [0.15, 0.2) is 0 Å². The highest BCUT2D eigenvalue weighted by Gasteiger charge is 2.35. The van der Waals surface area contributed by atoms with E-state index in [1.54, 1.807) is 12.1 Å². The molecule has 1 heterocycles. The average Bonchev–Trinajstić information content (AvgIpc) is 2.47. The fourth-order valence-electron chi connectivity index (χ4n) is 3.64. The number of benzene rings is 1. The van der Waals surface area contributed by atoms with Crippen LogP contribution < -0.4 is 0 Å². The van der Waals surface area contributed by atoms with Crippen LogP contribution in [0.25, 0.3) is 0 Å². The molecule has 3 rings (SSSR count). The van der Waals surface area contributed by atoms with Crippen LogP contribution in [-0.4, -0.2) is 23.4 Å². The number of carbonyl (C=O) groups excluding carboxylic acids is 1. The minimum absolute atomic E-state index is 0.0802. The summed E-state index contributed by atoms with van der Waals surface area (Å²) in [5.41, 5.74) is 0.618. The van der Waals surface area contributed by atoms with E-state index in [0.29, 0.717) is 17.5 Å². The van der Waals surface area contributed by atoms with Crippen molar-refractivity contribution < 1.29 is 9.18 Å².